The first-order valence-electron chi connectivity index (χ1n) is 7.26. The van der Waals surface area contributed by atoms with Crippen LogP contribution in [-0.2, 0) is 0 Å². The molecule has 0 spiro atoms. The SMILES string of the molecule is Brc1ncccc1NC1CCCCC1c1ccccc1. The van der Waals surface area contributed by atoms with E-state index in [0.717, 1.165) is 10.3 Å². The van der Waals surface area contributed by atoms with Crippen molar-refractivity contribution in [2.45, 2.75) is 37.6 Å². The quantitative estimate of drug-likeness (QED) is 0.802. The van der Waals surface area contributed by atoms with Gasteiger partial charge in [0, 0.05) is 18.2 Å². The molecule has 0 amide bonds. The van der Waals surface area contributed by atoms with Crippen molar-refractivity contribution in [2.24, 2.45) is 0 Å². The molecule has 1 aromatic heterocycles. The van der Waals surface area contributed by atoms with Crippen molar-refractivity contribution >= 4 is 21.6 Å². The Morgan fingerprint density at radius 3 is 2.60 bits per heavy atom. The fraction of sp³-hybridized carbons (Fsp3) is 0.353. The Hall–Kier alpha value is -1.35. The number of nitrogens with one attached hydrogen (secondary N) is 1. The number of nitrogens with zero attached hydrogens (tertiary/aromatic N) is 1. The molecule has 0 bridgehead atoms. The first-order valence-corrected chi connectivity index (χ1v) is 8.06. The maximum Gasteiger partial charge on any atom is 0.129 e. The Kier molecular flexibility index (Phi) is 4.36. The van der Waals surface area contributed by atoms with E-state index in [0.29, 0.717) is 12.0 Å². The van der Waals surface area contributed by atoms with Crippen molar-refractivity contribution in [1.82, 2.24) is 4.98 Å². The molecule has 0 radical (unpaired) electrons. The van der Waals surface area contributed by atoms with Crippen molar-refractivity contribution in [2.75, 3.05) is 5.32 Å². The van der Waals surface area contributed by atoms with Crippen molar-refractivity contribution in [3.8, 4) is 0 Å². The van der Waals surface area contributed by atoms with Crippen LogP contribution < -0.4 is 5.32 Å². The molecule has 2 nitrogen and oxygen atoms in total. The number of anilines is 1. The van der Waals surface area contributed by atoms with Crippen LogP contribution in [-0.4, -0.2) is 11.0 Å². The van der Waals surface area contributed by atoms with Crippen molar-refractivity contribution < 1.29 is 0 Å². The molecular formula is C17H19BrN2. The Morgan fingerprint density at radius 1 is 1.00 bits per heavy atom. The van der Waals surface area contributed by atoms with E-state index in [9.17, 15) is 0 Å². The summed E-state index contributed by atoms with van der Waals surface area (Å²) in [4.78, 5) is 4.30. The zero-order valence-electron chi connectivity index (χ0n) is 11.4. The summed E-state index contributed by atoms with van der Waals surface area (Å²) in [5.41, 5.74) is 2.55. The van der Waals surface area contributed by atoms with E-state index >= 15 is 0 Å². The predicted molar refractivity (Wildman–Crippen MR) is 87.0 cm³/mol. The van der Waals surface area contributed by atoms with E-state index < -0.39 is 0 Å². The first kappa shape index (κ1) is 13.6. The second kappa shape index (κ2) is 6.40. The van der Waals surface area contributed by atoms with Gasteiger partial charge in [-0.05, 0) is 46.5 Å². The lowest BCUT2D eigenvalue weighted by molar-refractivity contribution is 0.405. The summed E-state index contributed by atoms with van der Waals surface area (Å²) in [6.45, 7) is 0. The topological polar surface area (TPSA) is 24.9 Å². The summed E-state index contributed by atoms with van der Waals surface area (Å²) >= 11 is 3.53. The van der Waals surface area contributed by atoms with Gasteiger partial charge in [0.1, 0.15) is 4.60 Å². The van der Waals surface area contributed by atoms with Crippen molar-refractivity contribution in [1.29, 1.82) is 0 Å². The van der Waals surface area contributed by atoms with Gasteiger partial charge in [-0.2, -0.15) is 0 Å². The monoisotopic (exact) mass is 330 g/mol. The molecule has 1 fully saturated rings. The zero-order valence-corrected chi connectivity index (χ0v) is 13.0. The number of benzene rings is 1. The maximum atomic E-state index is 4.30. The average Bonchev–Trinajstić information content (AvgIpc) is 2.51. The van der Waals surface area contributed by atoms with E-state index in [-0.39, 0.29) is 0 Å². The molecule has 1 N–H and O–H groups in total. The molecule has 1 heterocycles. The van der Waals surface area contributed by atoms with Crippen LogP contribution in [0.25, 0.3) is 0 Å². The molecule has 1 saturated carbocycles. The third-order valence-corrected chi connectivity index (χ3v) is 4.73. The molecule has 1 aliphatic rings. The molecule has 20 heavy (non-hydrogen) atoms. The summed E-state index contributed by atoms with van der Waals surface area (Å²) in [5, 5.41) is 3.69. The highest BCUT2D eigenvalue weighted by molar-refractivity contribution is 9.10. The van der Waals surface area contributed by atoms with E-state index in [1.807, 2.05) is 12.3 Å². The average molecular weight is 331 g/mol. The molecule has 2 atom stereocenters. The van der Waals surface area contributed by atoms with Gasteiger partial charge in [0.25, 0.3) is 0 Å². The van der Waals surface area contributed by atoms with Gasteiger partial charge in [-0.15, -0.1) is 0 Å². The third kappa shape index (κ3) is 3.04. The second-order valence-corrected chi connectivity index (χ2v) is 6.15. The smallest absolute Gasteiger partial charge is 0.129 e. The number of hydrogen-bond acceptors (Lipinski definition) is 2. The van der Waals surface area contributed by atoms with Crippen molar-refractivity contribution in [3.05, 3.63) is 58.8 Å². The van der Waals surface area contributed by atoms with Crippen LogP contribution >= 0.6 is 15.9 Å². The summed E-state index contributed by atoms with van der Waals surface area (Å²) in [7, 11) is 0. The first-order chi connectivity index (χ1) is 9.84. The van der Waals surface area contributed by atoms with Gasteiger partial charge in [-0.1, -0.05) is 43.2 Å². The molecule has 2 unspecified atom stereocenters. The molecule has 3 rings (SSSR count). The molecule has 1 aromatic carbocycles. The predicted octanol–water partition coefficient (Wildman–Crippen LogP) is 4.98. The molecular weight excluding hydrogens is 312 g/mol. The van der Waals surface area contributed by atoms with Crippen LogP contribution in [0.4, 0.5) is 5.69 Å². The van der Waals surface area contributed by atoms with Crippen molar-refractivity contribution in [3.63, 3.8) is 0 Å². The van der Waals surface area contributed by atoms with Gasteiger partial charge in [-0.3, -0.25) is 0 Å². The Labute approximate surface area is 128 Å². The highest BCUT2D eigenvalue weighted by Gasteiger charge is 2.26. The van der Waals surface area contributed by atoms with Gasteiger partial charge in [0.15, 0.2) is 0 Å². The highest BCUT2D eigenvalue weighted by Crippen LogP contribution is 2.35. The Morgan fingerprint density at radius 2 is 1.80 bits per heavy atom. The standard InChI is InChI=1S/C17H19BrN2/c18-17-16(11-6-12-19-17)20-15-10-5-4-9-14(15)13-7-2-1-3-8-13/h1-3,6-8,11-12,14-15,20H,4-5,9-10H2. The molecule has 1 aliphatic carbocycles. The fourth-order valence-corrected chi connectivity index (χ4v) is 3.46. The van der Waals surface area contributed by atoms with Crippen LogP contribution in [0.1, 0.15) is 37.2 Å². The molecule has 104 valence electrons. The van der Waals surface area contributed by atoms with Gasteiger partial charge in [-0.25, -0.2) is 4.98 Å². The maximum absolute atomic E-state index is 4.30. The Balaban J connectivity index is 1.81. The minimum Gasteiger partial charge on any atom is -0.380 e. The Bertz CT molecular complexity index is 556. The highest BCUT2D eigenvalue weighted by atomic mass is 79.9. The van der Waals surface area contributed by atoms with Crippen LogP contribution in [0.2, 0.25) is 0 Å². The summed E-state index contributed by atoms with van der Waals surface area (Å²) in [5.74, 6) is 0.594. The molecule has 0 saturated heterocycles. The molecule has 0 aliphatic heterocycles. The van der Waals surface area contributed by atoms with Crippen LogP contribution in [0.15, 0.2) is 53.3 Å². The van der Waals surface area contributed by atoms with E-state index in [4.69, 9.17) is 0 Å². The number of aromatic nitrogens is 1. The number of halogens is 1. The van der Waals surface area contributed by atoms with Gasteiger partial charge in [0.05, 0.1) is 5.69 Å². The van der Waals surface area contributed by atoms with Gasteiger partial charge in [0.2, 0.25) is 0 Å². The largest absolute Gasteiger partial charge is 0.380 e. The second-order valence-electron chi connectivity index (χ2n) is 5.39. The summed E-state index contributed by atoms with van der Waals surface area (Å²) in [6, 6.07) is 15.4. The zero-order chi connectivity index (χ0) is 13.8. The normalized spacial score (nSPS) is 22.4. The van der Waals surface area contributed by atoms with Crippen LogP contribution in [0, 0.1) is 0 Å². The minimum absolute atomic E-state index is 0.492. The lowest BCUT2D eigenvalue weighted by Gasteiger charge is -2.33. The lowest BCUT2D eigenvalue weighted by atomic mass is 9.80. The van der Waals surface area contributed by atoms with E-state index in [1.54, 1.807) is 0 Å². The van der Waals surface area contributed by atoms with E-state index in [2.05, 4.69) is 62.6 Å². The molecule has 2 aromatic rings. The summed E-state index contributed by atoms with van der Waals surface area (Å²) < 4.78 is 0.900. The fourth-order valence-electron chi connectivity index (χ4n) is 3.10. The third-order valence-electron chi connectivity index (χ3n) is 4.09. The summed E-state index contributed by atoms with van der Waals surface area (Å²) in [6.07, 6.45) is 6.93. The lowest BCUT2D eigenvalue weighted by Crippen LogP contribution is -2.30. The molecule has 3 heteroatoms. The minimum atomic E-state index is 0.492. The number of pyridine rings is 1. The number of rotatable bonds is 3. The number of hydrogen-bond donors (Lipinski definition) is 1. The van der Waals surface area contributed by atoms with Crippen LogP contribution in [0.3, 0.4) is 0 Å². The van der Waals surface area contributed by atoms with Gasteiger partial charge >= 0.3 is 0 Å². The van der Waals surface area contributed by atoms with Crippen LogP contribution in [0.5, 0.6) is 0 Å². The van der Waals surface area contributed by atoms with Gasteiger partial charge < -0.3 is 5.32 Å². The van der Waals surface area contributed by atoms with E-state index in [1.165, 1.54) is 31.2 Å².